The van der Waals surface area contributed by atoms with E-state index >= 15 is 17.6 Å². The number of carbonyl (C=O) groups is 2. The fourth-order valence-electron chi connectivity index (χ4n) is 10.3. The number of fused-ring (bicyclic) bond motifs is 4. The lowest BCUT2D eigenvalue weighted by Crippen LogP contribution is -2.45. The first-order valence-electron chi connectivity index (χ1n) is 30.1. The van der Waals surface area contributed by atoms with E-state index in [2.05, 4.69) is 20.4 Å². The Morgan fingerprint density at radius 1 is 0.747 bits per heavy atom. The molecule has 1 saturated heterocycles. The molecule has 87 heavy (non-hydrogen) atoms. The Balaban J connectivity index is 0.991. The van der Waals surface area contributed by atoms with E-state index in [1.165, 1.54) is 29.7 Å². The molecular formula is C70H75F4N3O9S. The van der Waals surface area contributed by atoms with Crippen LogP contribution in [0.25, 0.3) is 42.9 Å². The van der Waals surface area contributed by atoms with E-state index < -0.39 is 41.0 Å². The van der Waals surface area contributed by atoms with Crippen LogP contribution in [-0.4, -0.2) is 75.9 Å². The van der Waals surface area contributed by atoms with Crippen molar-refractivity contribution in [2.75, 3.05) is 57.8 Å². The van der Waals surface area contributed by atoms with Crippen molar-refractivity contribution in [3.8, 4) is 34.1 Å². The third-order valence-corrected chi connectivity index (χ3v) is 16.7. The van der Waals surface area contributed by atoms with E-state index in [9.17, 15) is 9.59 Å². The average molecular weight is 1210 g/mol. The van der Waals surface area contributed by atoms with E-state index in [1.807, 2.05) is 43.3 Å². The molecule has 0 spiro atoms. The van der Waals surface area contributed by atoms with Gasteiger partial charge in [-0.3, -0.25) is 0 Å². The number of benzene rings is 7. The molecule has 458 valence electrons. The summed E-state index contributed by atoms with van der Waals surface area (Å²) in [7, 11) is 0. The van der Waals surface area contributed by atoms with Gasteiger partial charge in [0.1, 0.15) is 28.6 Å². The Hall–Kier alpha value is -7.86. The highest BCUT2D eigenvalue weighted by Crippen LogP contribution is 2.43. The predicted octanol–water partition coefficient (Wildman–Crippen LogP) is 17.7. The smallest absolute Gasteiger partial charge is 0.429 e. The van der Waals surface area contributed by atoms with Crippen LogP contribution in [0.3, 0.4) is 0 Å². The first-order valence-corrected chi connectivity index (χ1v) is 31.0. The molecule has 9 rings (SSSR count). The summed E-state index contributed by atoms with van der Waals surface area (Å²) < 4.78 is 107. The molecule has 7 aromatic carbocycles. The summed E-state index contributed by atoms with van der Waals surface area (Å²) in [4.78, 5) is 31.1. The number of halogens is 4. The molecule has 0 aliphatic carbocycles. The third kappa shape index (κ3) is 16.4. The number of aryl methyl sites for hydroxylation is 1. The Labute approximate surface area is 510 Å². The lowest BCUT2D eigenvalue weighted by Gasteiger charge is -2.40. The van der Waals surface area contributed by atoms with E-state index in [0.717, 1.165) is 130 Å². The molecule has 12 nitrogen and oxygen atoms in total. The number of esters is 2. The van der Waals surface area contributed by atoms with Crippen molar-refractivity contribution in [2.45, 2.75) is 110 Å². The minimum Gasteiger partial charge on any atom is -0.494 e. The topological polar surface area (TPSA) is 127 Å². The first-order chi connectivity index (χ1) is 42.3. The normalized spacial score (nSPS) is 13.0. The van der Waals surface area contributed by atoms with E-state index in [4.69, 9.17) is 43.2 Å². The van der Waals surface area contributed by atoms with Crippen LogP contribution in [-0.2, 0) is 25.1 Å². The minimum atomic E-state index is -4.44. The van der Waals surface area contributed by atoms with Gasteiger partial charge in [0.15, 0.2) is 11.6 Å². The van der Waals surface area contributed by atoms with Gasteiger partial charge in [0.05, 0.1) is 61.6 Å². The summed E-state index contributed by atoms with van der Waals surface area (Å²) in [6, 6.07) is 32.7. The van der Waals surface area contributed by atoms with Gasteiger partial charge < -0.3 is 33.2 Å². The molecule has 0 N–H and O–H groups in total. The number of nitrogens with zero attached hydrogens (tertiary/aromatic N) is 3. The average Bonchev–Trinajstić information content (AvgIpc) is 1.66. The van der Waals surface area contributed by atoms with Gasteiger partial charge in [-0.05, 0) is 123 Å². The molecule has 8 aromatic rings. The lowest BCUT2D eigenvalue weighted by atomic mass is 9.84. The Morgan fingerprint density at radius 3 is 2.17 bits per heavy atom. The molecule has 0 saturated carbocycles. The van der Waals surface area contributed by atoms with Gasteiger partial charge in [-0.1, -0.05) is 137 Å². The summed E-state index contributed by atoms with van der Waals surface area (Å²) in [5.74, 6) is -3.81. The second-order valence-electron chi connectivity index (χ2n) is 22.0. The number of hydrogen-bond donors (Lipinski definition) is 0. The summed E-state index contributed by atoms with van der Waals surface area (Å²) in [5, 5.41) is 9.48. The maximum absolute atomic E-state index is 16.8. The van der Waals surface area contributed by atoms with Crippen LogP contribution in [0.1, 0.15) is 124 Å². The number of rotatable bonds is 34. The number of anilines is 1. The van der Waals surface area contributed by atoms with Crippen LogP contribution < -0.4 is 24.0 Å². The maximum atomic E-state index is 16.8. The lowest BCUT2D eigenvalue weighted by molar-refractivity contribution is -0.187. The van der Waals surface area contributed by atoms with Gasteiger partial charge in [0, 0.05) is 51.9 Å². The van der Waals surface area contributed by atoms with Crippen LogP contribution in [0.2, 0.25) is 0 Å². The number of carbonyl (C=O) groups excluding carboxylic acids is 2. The number of aromatic nitrogens is 1. The zero-order valence-electron chi connectivity index (χ0n) is 49.7. The molecule has 1 aliphatic rings. The number of ether oxygens (including phenoxy) is 7. The monoisotopic (exact) mass is 1210 g/mol. The molecule has 17 heteroatoms. The van der Waals surface area contributed by atoms with Gasteiger partial charge in [-0.2, -0.15) is 13.9 Å². The molecule has 1 aromatic heterocycles. The quantitative estimate of drug-likeness (QED) is 0.00727. The molecule has 2 heterocycles. The van der Waals surface area contributed by atoms with Crippen LogP contribution in [0, 0.1) is 24.0 Å². The number of hydrazone groups is 1. The summed E-state index contributed by atoms with van der Waals surface area (Å²) in [5.41, 5.74) is 0.564. The van der Waals surface area contributed by atoms with Gasteiger partial charge >= 0.3 is 18.0 Å². The van der Waals surface area contributed by atoms with Crippen LogP contribution in [0.15, 0.2) is 139 Å². The number of thiazole rings is 1. The summed E-state index contributed by atoms with van der Waals surface area (Å²) in [6.07, 6.45) is 9.69. The number of hydrogen-bond acceptors (Lipinski definition) is 13. The van der Waals surface area contributed by atoms with Gasteiger partial charge in [-0.25, -0.2) is 28.4 Å². The van der Waals surface area contributed by atoms with Crippen molar-refractivity contribution in [1.29, 1.82) is 0 Å². The number of unbranched alkanes of at least 4 members (excludes halogenated alkanes) is 9. The fraction of sp³-hybridized carbons (Fsp3) is 0.371. The highest BCUT2D eigenvalue weighted by atomic mass is 32.1. The van der Waals surface area contributed by atoms with E-state index in [1.54, 1.807) is 65.7 Å². The van der Waals surface area contributed by atoms with Crippen molar-refractivity contribution in [3.63, 3.8) is 0 Å². The molecular weight excluding hydrogens is 1130 g/mol. The maximum Gasteiger partial charge on any atom is 0.429 e. The largest absolute Gasteiger partial charge is 0.494 e. The summed E-state index contributed by atoms with van der Waals surface area (Å²) in [6.45, 7) is 14.1. The predicted molar refractivity (Wildman–Crippen MR) is 336 cm³/mol. The van der Waals surface area contributed by atoms with Crippen LogP contribution >= 0.6 is 11.3 Å². The highest BCUT2D eigenvalue weighted by Gasteiger charge is 2.41. The molecule has 0 bridgehead atoms. The summed E-state index contributed by atoms with van der Waals surface area (Å²) >= 11 is 1.43. The Morgan fingerprint density at radius 2 is 1.45 bits per heavy atom. The van der Waals surface area contributed by atoms with E-state index in [-0.39, 0.29) is 50.8 Å². The molecule has 0 unspecified atom stereocenters. The van der Waals surface area contributed by atoms with Crippen molar-refractivity contribution in [1.82, 2.24) is 4.98 Å². The molecule has 1 aliphatic heterocycles. The molecule has 1 fully saturated rings. The Kier molecular flexibility index (Phi) is 22.4. The third-order valence-electron chi connectivity index (χ3n) is 15.6. The van der Waals surface area contributed by atoms with Gasteiger partial charge in [0.2, 0.25) is 5.13 Å². The zero-order chi connectivity index (χ0) is 61.2. The van der Waals surface area contributed by atoms with Crippen molar-refractivity contribution < 1.29 is 60.3 Å². The first kappa shape index (κ1) is 63.6. The van der Waals surface area contributed by atoms with Crippen molar-refractivity contribution in [2.24, 2.45) is 10.5 Å². The van der Waals surface area contributed by atoms with Crippen molar-refractivity contribution >= 4 is 66.4 Å². The minimum absolute atomic E-state index is 0.0286. The van der Waals surface area contributed by atoms with Gasteiger partial charge in [-0.15, -0.1) is 0 Å². The molecule has 0 atom stereocenters. The SMILES string of the molecule is C=CC(=O)OCCCCCCN(/N=C/c1cc(OC(F)(F)c2ccc(-c3ccc(OCCCCCC)cc3)c(F)c2F)c2ccccc2c1OC(=O)c1ccc(OCCCCCCOCC2(CC)COC2)c(C)c1)c1nc2ccc3ccccc3c2s1. The second kappa shape index (κ2) is 30.7. The fourth-order valence-corrected chi connectivity index (χ4v) is 11.4. The molecule has 0 radical (unpaired) electrons. The van der Waals surface area contributed by atoms with Crippen molar-refractivity contribution in [3.05, 3.63) is 168 Å². The molecule has 0 amide bonds. The zero-order valence-corrected chi connectivity index (χ0v) is 50.5. The van der Waals surface area contributed by atoms with Crippen LogP contribution in [0.4, 0.5) is 22.7 Å². The van der Waals surface area contributed by atoms with Gasteiger partial charge in [0.25, 0.3) is 0 Å². The standard InChI is InChI=1S/C70H75F4N3O9S/c1-5-8-9-20-39-82-53-31-27-50(28-32-53)54-33-34-58(64(72)63(54)71)70(73,74)86-61-43-52(44-75-77(37-18-10-11-22-41-84-62(78)6-2)68-76-59-35-29-49-23-14-15-24-55(49)66(59)87-68)65(57-26-17-16-25-56(57)61)85-67(79)51-30-36-60(48(4)42-51)83-40-21-13-12-19-38-80-45-69(7-3)46-81-47-69/h6,14-17,23-36,42-44H,2,5,7-13,18-22,37-41,45-47H2,1,3-4H3/b75-44+. The van der Waals surface area contributed by atoms with Crippen LogP contribution in [0.5, 0.6) is 23.0 Å². The van der Waals surface area contributed by atoms with E-state index in [0.29, 0.717) is 61.4 Å². The highest BCUT2D eigenvalue weighted by molar-refractivity contribution is 7.23. The second-order valence-corrected chi connectivity index (χ2v) is 23.0. The number of alkyl halides is 2. The Bertz CT molecular complexity index is 3660.